The number of morpholine rings is 1. The van der Waals surface area contributed by atoms with Crippen LogP contribution in [0.5, 0.6) is 0 Å². The van der Waals surface area contributed by atoms with Gasteiger partial charge >= 0.3 is 0 Å². The van der Waals surface area contributed by atoms with E-state index in [0.29, 0.717) is 6.04 Å². The molecule has 2 fully saturated rings. The normalized spacial score (nSPS) is 27.6. The fraction of sp³-hybridized carbons (Fsp3) is 0.647. The Labute approximate surface area is 127 Å². The van der Waals surface area contributed by atoms with Gasteiger partial charge in [0, 0.05) is 38.3 Å². The van der Waals surface area contributed by atoms with Crippen LogP contribution in [-0.4, -0.2) is 66.4 Å². The Morgan fingerprint density at radius 2 is 1.86 bits per heavy atom. The highest BCUT2D eigenvalue weighted by Gasteiger charge is 2.33. The predicted octanol–water partition coefficient (Wildman–Crippen LogP) is 1.51. The van der Waals surface area contributed by atoms with Gasteiger partial charge in [0.2, 0.25) is 0 Å². The van der Waals surface area contributed by atoms with Crippen LogP contribution in [0.3, 0.4) is 0 Å². The number of rotatable bonds is 4. The Bertz CT molecular complexity index is 434. The number of benzene rings is 1. The van der Waals surface area contributed by atoms with Crippen molar-refractivity contribution < 1.29 is 9.84 Å². The fourth-order valence-corrected chi connectivity index (χ4v) is 3.51. The SMILES string of the molecule is CC(C(O)c1ccccc1)N1CCC(N2CCOCC2)C1. The largest absolute Gasteiger partial charge is 0.387 e. The van der Waals surface area contributed by atoms with Crippen LogP contribution < -0.4 is 0 Å². The van der Waals surface area contributed by atoms with E-state index in [-0.39, 0.29) is 6.04 Å². The van der Waals surface area contributed by atoms with Crippen molar-refractivity contribution in [2.45, 2.75) is 31.5 Å². The van der Waals surface area contributed by atoms with Crippen molar-refractivity contribution in [2.75, 3.05) is 39.4 Å². The van der Waals surface area contributed by atoms with E-state index in [1.165, 1.54) is 6.42 Å². The van der Waals surface area contributed by atoms with E-state index in [1.54, 1.807) is 0 Å². The lowest BCUT2D eigenvalue weighted by Crippen LogP contribution is -2.46. The Kier molecular flexibility index (Phi) is 4.91. The highest BCUT2D eigenvalue weighted by Crippen LogP contribution is 2.26. The van der Waals surface area contributed by atoms with Gasteiger partial charge in [0.05, 0.1) is 19.3 Å². The molecule has 0 amide bonds. The van der Waals surface area contributed by atoms with Crippen LogP contribution in [0.1, 0.15) is 25.0 Å². The molecular formula is C17H26N2O2. The van der Waals surface area contributed by atoms with Gasteiger partial charge in [-0.2, -0.15) is 0 Å². The maximum atomic E-state index is 10.6. The molecular weight excluding hydrogens is 264 g/mol. The summed E-state index contributed by atoms with van der Waals surface area (Å²) in [6, 6.07) is 10.8. The minimum Gasteiger partial charge on any atom is -0.387 e. The van der Waals surface area contributed by atoms with E-state index in [2.05, 4.69) is 16.7 Å². The zero-order valence-corrected chi connectivity index (χ0v) is 12.8. The molecule has 0 aromatic heterocycles. The van der Waals surface area contributed by atoms with Gasteiger partial charge in [-0.05, 0) is 18.9 Å². The van der Waals surface area contributed by atoms with Crippen LogP contribution in [-0.2, 0) is 4.74 Å². The Hall–Kier alpha value is -0.940. The number of aliphatic hydroxyl groups is 1. The van der Waals surface area contributed by atoms with Gasteiger partial charge in [-0.3, -0.25) is 9.80 Å². The van der Waals surface area contributed by atoms with E-state index >= 15 is 0 Å². The summed E-state index contributed by atoms with van der Waals surface area (Å²) in [7, 11) is 0. The van der Waals surface area contributed by atoms with E-state index in [9.17, 15) is 5.11 Å². The Morgan fingerprint density at radius 3 is 2.57 bits per heavy atom. The van der Waals surface area contributed by atoms with Gasteiger partial charge in [-0.15, -0.1) is 0 Å². The van der Waals surface area contributed by atoms with Crippen LogP contribution in [0.4, 0.5) is 0 Å². The van der Waals surface area contributed by atoms with Crippen LogP contribution in [0.15, 0.2) is 30.3 Å². The lowest BCUT2D eigenvalue weighted by atomic mass is 10.0. The molecule has 4 nitrogen and oxygen atoms in total. The molecule has 4 heteroatoms. The molecule has 2 aliphatic heterocycles. The first-order chi connectivity index (χ1) is 10.3. The molecule has 21 heavy (non-hydrogen) atoms. The first-order valence-electron chi connectivity index (χ1n) is 8.04. The molecule has 116 valence electrons. The van der Waals surface area contributed by atoms with Gasteiger partial charge < -0.3 is 9.84 Å². The summed E-state index contributed by atoms with van der Waals surface area (Å²) in [5.41, 5.74) is 1.01. The van der Waals surface area contributed by atoms with E-state index in [4.69, 9.17) is 4.74 Å². The highest BCUT2D eigenvalue weighted by molar-refractivity contribution is 5.18. The van der Waals surface area contributed by atoms with Gasteiger partial charge in [-0.25, -0.2) is 0 Å². The molecule has 3 rings (SSSR count). The standard InChI is InChI=1S/C17H26N2O2/c1-14(17(20)15-5-3-2-4-6-15)19-8-7-16(13-19)18-9-11-21-12-10-18/h2-6,14,16-17,20H,7-13H2,1H3. The second-order valence-corrected chi connectivity index (χ2v) is 6.18. The van der Waals surface area contributed by atoms with E-state index in [1.807, 2.05) is 30.3 Å². The molecule has 1 N–H and O–H groups in total. The molecule has 0 spiro atoms. The zero-order chi connectivity index (χ0) is 14.7. The smallest absolute Gasteiger partial charge is 0.0942 e. The lowest BCUT2D eigenvalue weighted by molar-refractivity contribution is 0.0142. The maximum absolute atomic E-state index is 10.6. The van der Waals surface area contributed by atoms with Crippen molar-refractivity contribution in [3.8, 4) is 0 Å². The number of hydrogen-bond acceptors (Lipinski definition) is 4. The molecule has 2 aliphatic rings. The summed E-state index contributed by atoms with van der Waals surface area (Å²) in [5.74, 6) is 0. The summed E-state index contributed by atoms with van der Waals surface area (Å²) in [6.07, 6.45) is 0.793. The van der Waals surface area contributed by atoms with Gasteiger partial charge in [0.1, 0.15) is 0 Å². The molecule has 0 radical (unpaired) electrons. The summed E-state index contributed by atoms with van der Waals surface area (Å²) in [4.78, 5) is 4.98. The second-order valence-electron chi connectivity index (χ2n) is 6.18. The van der Waals surface area contributed by atoms with Gasteiger partial charge in [0.25, 0.3) is 0 Å². The van der Waals surface area contributed by atoms with Crippen LogP contribution >= 0.6 is 0 Å². The molecule has 3 atom stereocenters. The number of aliphatic hydroxyl groups excluding tert-OH is 1. The number of nitrogens with zero attached hydrogens (tertiary/aromatic N) is 2. The monoisotopic (exact) mass is 290 g/mol. The van der Waals surface area contributed by atoms with Crippen molar-refractivity contribution in [1.82, 2.24) is 9.80 Å². The first-order valence-corrected chi connectivity index (χ1v) is 8.04. The zero-order valence-electron chi connectivity index (χ0n) is 12.8. The van der Waals surface area contributed by atoms with Crippen LogP contribution in [0.2, 0.25) is 0 Å². The summed E-state index contributed by atoms with van der Waals surface area (Å²) in [6.45, 7) is 8.09. The number of hydrogen-bond donors (Lipinski definition) is 1. The Morgan fingerprint density at radius 1 is 1.14 bits per heavy atom. The minimum absolute atomic E-state index is 0.165. The van der Waals surface area contributed by atoms with Crippen molar-refractivity contribution >= 4 is 0 Å². The third-order valence-corrected chi connectivity index (χ3v) is 4.93. The second kappa shape index (κ2) is 6.88. The summed E-state index contributed by atoms with van der Waals surface area (Å²) in [5, 5.41) is 10.6. The van der Waals surface area contributed by atoms with Crippen molar-refractivity contribution in [1.29, 1.82) is 0 Å². The number of likely N-dealkylation sites (tertiary alicyclic amines) is 1. The topological polar surface area (TPSA) is 35.9 Å². The van der Waals surface area contributed by atoms with Gasteiger partial charge in [-0.1, -0.05) is 30.3 Å². The summed E-state index contributed by atoms with van der Waals surface area (Å²) >= 11 is 0. The summed E-state index contributed by atoms with van der Waals surface area (Å²) < 4.78 is 5.43. The minimum atomic E-state index is -0.408. The quantitative estimate of drug-likeness (QED) is 0.912. The third kappa shape index (κ3) is 3.46. The maximum Gasteiger partial charge on any atom is 0.0942 e. The van der Waals surface area contributed by atoms with E-state index < -0.39 is 6.10 Å². The van der Waals surface area contributed by atoms with Crippen molar-refractivity contribution in [3.05, 3.63) is 35.9 Å². The fourth-order valence-electron chi connectivity index (χ4n) is 3.51. The lowest BCUT2D eigenvalue weighted by Gasteiger charge is -2.33. The molecule has 0 saturated carbocycles. The molecule has 0 aliphatic carbocycles. The molecule has 2 saturated heterocycles. The molecule has 1 aromatic rings. The van der Waals surface area contributed by atoms with Crippen LogP contribution in [0, 0.1) is 0 Å². The Balaban J connectivity index is 1.57. The van der Waals surface area contributed by atoms with E-state index in [0.717, 1.165) is 45.0 Å². The van der Waals surface area contributed by atoms with Crippen LogP contribution in [0.25, 0.3) is 0 Å². The van der Waals surface area contributed by atoms with Gasteiger partial charge in [0.15, 0.2) is 0 Å². The van der Waals surface area contributed by atoms with Crippen molar-refractivity contribution in [2.24, 2.45) is 0 Å². The molecule has 3 unspecified atom stereocenters. The molecule has 2 heterocycles. The van der Waals surface area contributed by atoms with Crippen molar-refractivity contribution in [3.63, 3.8) is 0 Å². The predicted molar refractivity (Wildman–Crippen MR) is 83.2 cm³/mol. The molecule has 0 bridgehead atoms. The third-order valence-electron chi connectivity index (χ3n) is 4.93. The average molecular weight is 290 g/mol. The number of ether oxygens (including phenoxy) is 1. The highest BCUT2D eigenvalue weighted by atomic mass is 16.5. The first kappa shape index (κ1) is 15.0. The molecule has 1 aromatic carbocycles. The average Bonchev–Trinajstić information content (AvgIpc) is 3.05.